The van der Waals surface area contributed by atoms with E-state index in [9.17, 15) is 4.79 Å². The van der Waals surface area contributed by atoms with Crippen LogP contribution in [0.4, 0.5) is 0 Å². The number of thiazole rings is 1. The third-order valence-corrected chi connectivity index (χ3v) is 4.88. The number of hydrogen-bond acceptors (Lipinski definition) is 3. The van der Waals surface area contributed by atoms with Crippen molar-refractivity contribution in [1.29, 1.82) is 0 Å². The molecule has 0 aliphatic rings. The highest BCUT2D eigenvalue weighted by Crippen LogP contribution is 2.28. The molecule has 0 saturated heterocycles. The molecule has 3 aromatic rings. The Kier molecular flexibility index (Phi) is 4.53. The van der Waals surface area contributed by atoms with Gasteiger partial charge in [0.15, 0.2) is 0 Å². The minimum Gasteiger partial charge on any atom is -0.345 e. The van der Waals surface area contributed by atoms with E-state index in [-0.39, 0.29) is 11.9 Å². The number of rotatable bonds is 4. The fourth-order valence-corrected chi connectivity index (χ4v) is 3.37. The van der Waals surface area contributed by atoms with Crippen LogP contribution in [0, 0.1) is 6.92 Å². The van der Waals surface area contributed by atoms with Crippen LogP contribution in [0.2, 0.25) is 0 Å². The van der Waals surface area contributed by atoms with Gasteiger partial charge in [0.25, 0.3) is 5.91 Å². The van der Waals surface area contributed by atoms with Gasteiger partial charge in [0.2, 0.25) is 0 Å². The molecule has 2 aromatic carbocycles. The molecular formula is C19H18N2OS. The summed E-state index contributed by atoms with van der Waals surface area (Å²) in [6, 6.07) is 19.8. The Bertz CT molecular complexity index is 797. The molecule has 3 nitrogen and oxygen atoms in total. The standard InChI is InChI=1S/C19H18N2OS/c1-13(15-9-5-3-6-10-15)20-18(22)17-14(2)21-19(23-17)16-11-7-4-8-12-16/h3-13H,1-2H3,(H,20,22)/t13-/m1/s1. The highest BCUT2D eigenvalue weighted by molar-refractivity contribution is 7.17. The Morgan fingerprint density at radius 2 is 1.65 bits per heavy atom. The summed E-state index contributed by atoms with van der Waals surface area (Å²) in [6.45, 7) is 3.87. The van der Waals surface area contributed by atoms with Crippen molar-refractivity contribution in [1.82, 2.24) is 10.3 Å². The second-order valence-electron chi connectivity index (χ2n) is 5.41. The summed E-state index contributed by atoms with van der Waals surface area (Å²) < 4.78 is 0. The smallest absolute Gasteiger partial charge is 0.263 e. The summed E-state index contributed by atoms with van der Waals surface area (Å²) in [5, 5.41) is 3.93. The molecule has 0 radical (unpaired) electrons. The van der Waals surface area contributed by atoms with Crippen molar-refractivity contribution in [3.05, 3.63) is 76.8 Å². The van der Waals surface area contributed by atoms with Gasteiger partial charge in [-0.05, 0) is 19.4 Å². The zero-order valence-corrected chi connectivity index (χ0v) is 13.9. The molecule has 4 heteroatoms. The number of carbonyl (C=O) groups is 1. The number of nitrogens with zero attached hydrogens (tertiary/aromatic N) is 1. The fourth-order valence-electron chi connectivity index (χ4n) is 2.40. The van der Waals surface area contributed by atoms with Gasteiger partial charge in [0.05, 0.1) is 11.7 Å². The van der Waals surface area contributed by atoms with E-state index in [1.54, 1.807) is 0 Å². The van der Waals surface area contributed by atoms with Gasteiger partial charge in [-0.3, -0.25) is 4.79 Å². The van der Waals surface area contributed by atoms with E-state index in [0.29, 0.717) is 4.88 Å². The predicted molar refractivity (Wildman–Crippen MR) is 94.6 cm³/mol. The molecule has 0 fully saturated rings. The number of amides is 1. The van der Waals surface area contributed by atoms with E-state index in [0.717, 1.165) is 21.8 Å². The number of benzene rings is 2. The van der Waals surface area contributed by atoms with Crippen LogP contribution in [-0.2, 0) is 0 Å². The topological polar surface area (TPSA) is 42.0 Å². The number of aryl methyl sites for hydroxylation is 1. The van der Waals surface area contributed by atoms with Crippen LogP contribution in [0.3, 0.4) is 0 Å². The molecule has 1 aromatic heterocycles. The van der Waals surface area contributed by atoms with Crippen LogP contribution in [0.5, 0.6) is 0 Å². The molecule has 0 aliphatic heterocycles. The van der Waals surface area contributed by atoms with Gasteiger partial charge in [0.1, 0.15) is 9.88 Å². The second kappa shape index (κ2) is 6.75. The lowest BCUT2D eigenvalue weighted by Crippen LogP contribution is -2.26. The maximum Gasteiger partial charge on any atom is 0.263 e. The summed E-state index contributed by atoms with van der Waals surface area (Å²) in [6.07, 6.45) is 0. The highest BCUT2D eigenvalue weighted by atomic mass is 32.1. The molecule has 1 atom stereocenters. The van der Waals surface area contributed by atoms with E-state index in [4.69, 9.17) is 0 Å². The Balaban J connectivity index is 1.79. The zero-order valence-electron chi connectivity index (χ0n) is 13.1. The largest absolute Gasteiger partial charge is 0.345 e. The van der Waals surface area contributed by atoms with E-state index in [1.807, 2.05) is 74.5 Å². The molecule has 1 heterocycles. The van der Waals surface area contributed by atoms with Gasteiger partial charge in [-0.15, -0.1) is 11.3 Å². The zero-order chi connectivity index (χ0) is 16.2. The molecule has 0 saturated carbocycles. The summed E-state index contributed by atoms with van der Waals surface area (Å²) in [5.41, 5.74) is 2.90. The average molecular weight is 322 g/mol. The first kappa shape index (κ1) is 15.4. The van der Waals surface area contributed by atoms with Gasteiger partial charge in [-0.25, -0.2) is 4.98 Å². The lowest BCUT2D eigenvalue weighted by Gasteiger charge is -2.13. The van der Waals surface area contributed by atoms with Crippen LogP contribution >= 0.6 is 11.3 Å². The van der Waals surface area contributed by atoms with Crippen molar-refractivity contribution in [2.75, 3.05) is 0 Å². The minimum atomic E-state index is -0.0708. The second-order valence-corrected chi connectivity index (χ2v) is 6.40. The number of hydrogen-bond donors (Lipinski definition) is 1. The van der Waals surface area contributed by atoms with Crippen molar-refractivity contribution in [3.8, 4) is 10.6 Å². The Morgan fingerprint density at radius 3 is 2.30 bits per heavy atom. The summed E-state index contributed by atoms with van der Waals surface area (Å²) in [4.78, 5) is 17.8. The lowest BCUT2D eigenvalue weighted by molar-refractivity contribution is 0.0943. The normalized spacial score (nSPS) is 11.9. The van der Waals surface area contributed by atoms with Gasteiger partial charge in [0, 0.05) is 5.56 Å². The summed E-state index contributed by atoms with van der Waals surface area (Å²) in [7, 11) is 0. The van der Waals surface area contributed by atoms with Gasteiger partial charge in [-0.2, -0.15) is 0 Å². The molecular weight excluding hydrogens is 304 g/mol. The first-order valence-corrected chi connectivity index (χ1v) is 8.35. The predicted octanol–water partition coefficient (Wildman–Crippen LogP) is 4.61. The number of nitrogens with one attached hydrogen (secondary N) is 1. The Hall–Kier alpha value is -2.46. The Labute approximate surface area is 140 Å². The molecule has 0 spiro atoms. The first-order valence-electron chi connectivity index (χ1n) is 7.54. The van der Waals surface area contributed by atoms with Crippen molar-refractivity contribution in [2.45, 2.75) is 19.9 Å². The molecule has 116 valence electrons. The summed E-state index contributed by atoms with van der Waals surface area (Å²) >= 11 is 1.43. The van der Waals surface area contributed by atoms with Crippen LogP contribution in [0.15, 0.2) is 60.7 Å². The third-order valence-electron chi connectivity index (χ3n) is 3.67. The molecule has 0 bridgehead atoms. The Morgan fingerprint density at radius 1 is 1.04 bits per heavy atom. The first-order chi connectivity index (χ1) is 11.1. The highest BCUT2D eigenvalue weighted by Gasteiger charge is 2.18. The minimum absolute atomic E-state index is 0.0367. The van der Waals surface area contributed by atoms with Gasteiger partial charge >= 0.3 is 0 Å². The van der Waals surface area contributed by atoms with Crippen molar-refractivity contribution >= 4 is 17.2 Å². The maximum absolute atomic E-state index is 12.6. The summed E-state index contributed by atoms with van der Waals surface area (Å²) in [5.74, 6) is -0.0708. The van der Waals surface area contributed by atoms with Crippen LogP contribution < -0.4 is 5.32 Å². The monoisotopic (exact) mass is 322 g/mol. The van der Waals surface area contributed by atoms with E-state index in [1.165, 1.54) is 11.3 Å². The van der Waals surface area contributed by atoms with Crippen molar-refractivity contribution < 1.29 is 4.79 Å². The number of aromatic nitrogens is 1. The van der Waals surface area contributed by atoms with Crippen LogP contribution in [0.25, 0.3) is 10.6 Å². The SMILES string of the molecule is Cc1nc(-c2ccccc2)sc1C(=O)N[C@H](C)c1ccccc1. The molecule has 1 N–H and O–H groups in total. The maximum atomic E-state index is 12.6. The fraction of sp³-hybridized carbons (Fsp3) is 0.158. The molecule has 3 rings (SSSR count). The van der Waals surface area contributed by atoms with E-state index >= 15 is 0 Å². The van der Waals surface area contributed by atoms with Crippen molar-refractivity contribution in [2.24, 2.45) is 0 Å². The van der Waals surface area contributed by atoms with Gasteiger partial charge in [-0.1, -0.05) is 60.7 Å². The number of carbonyl (C=O) groups excluding carboxylic acids is 1. The van der Waals surface area contributed by atoms with Crippen LogP contribution in [0.1, 0.15) is 33.9 Å². The van der Waals surface area contributed by atoms with E-state index < -0.39 is 0 Å². The third kappa shape index (κ3) is 3.48. The van der Waals surface area contributed by atoms with Crippen molar-refractivity contribution in [3.63, 3.8) is 0 Å². The quantitative estimate of drug-likeness (QED) is 0.762. The van der Waals surface area contributed by atoms with Crippen LogP contribution in [-0.4, -0.2) is 10.9 Å². The lowest BCUT2D eigenvalue weighted by atomic mass is 10.1. The molecule has 0 aliphatic carbocycles. The molecule has 1 amide bonds. The van der Waals surface area contributed by atoms with Gasteiger partial charge < -0.3 is 5.32 Å². The average Bonchev–Trinajstić information content (AvgIpc) is 2.98. The molecule has 0 unspecified atom stereocenters. The van der Waals surface area contributed by atoms with E-state index in [2.05, 4.69) is 10.3 Å². The molecule has 23 heavy (non-hydrogen) atoms.